The SMILES string of the molecule is [C]=C(CC)c1c(CC)c(CCC)c(O)c(C(C)(C)C)c1CC. The van der Waals surface area contributed by atoms with Crippen molar-refractivity contribution >= 4 is 5.57 Å². The Hall–Kier alpha value is -1.24. The van der Waals surface area contributed by atoms with Crippen LogP contribution in [-0.2, 0) is 24.7 Å². The highest BCUT2D eigenvalue weighted by molar-refractivity contribution is 5.74. The van der Waals surface area contributed by atoms with Crippen molar-refractivity contribution in [3.63, 3.8) is 0 Å². The van der Waals surface area contributed by atoms with Crippen LogP contribution in [0.4, 0.5) is 0 Å². The van der Waals surface area contributed by atoms with Gasteiger partial charge in [-0.15, -0.1) is 0 Å². The number of phenols is 1. The Morgan fingerprint density at radius 2 is 1.50 bits per heavy atom. The minimum atomic E-state index is -0.118. The predicted molar refractivity (Wildman–Crippen MR) is 96.5 cm³/mol. The molecule has 0 aliphatic carbocycles. The zero-order valence-corrected chi connectivity index (χ0v) is 15.5. The van der Waals surface area contributed by atoms with E-state index in [1.807, 2.05) is 6.92 Å². The van der Waals surface area contributed by atoms with E-state index in [4.69, 9.17) is 6.58 Å². The molecule has 0 saturated heterocycles. The van der Waals surface area contributed by atoms with E-state index in [2.05, 4.69) is 41.5 Å². The van der Waals surface area contributed by atoms with Gasteiger partial charge in [0.25, 0.3) is 0 Å². The van der Waals surface area contributed by atoms with E-state index in [0.717, 1.165) is 48.8 Å². The minimum Gasteiger partial charge on any atom is -0.507 e. The van der Waals surface area contributed by atoms with Gasteiger partial charge in [0.15, 0.2) is 0 Å². The predicted octanol–water partition coefficient (Wildman–Crippen LogP) is 5.87. The Balaban J connectivity index is 3.94. The Morgan fingerprint density at radius 3 is 1.86 bits per heavy atom. The van der Waals surface area contributed by atoms with E-state index < -0.39 is 0 Å². The lowest BCUT2D eigenvalue weighted by atomic mass is 9.75. The molecule has 1 aromatic rings. The van der Waals surface area contributed by atoms with Crippen molar-refractivity contribution in [1.82, 2.24) is 0 Å². The molecule has 1 nitrogen and oxygen atoms in total. The van der Waals surface area contributed by atoms with Gasteiger partial charge in [0.05, 0.1) is 0 Å². The molecule has 1 heteroatoms. The molecule has 22 heavy (non-hydrogen) atoms. The highest BCUT2D eigenvalue weighted by atomic mass is 16.3. The van der Waals surface area contributed by atoms with Crippen LogP contribution >= 0.6 is 0 Å². The highest BCUT2D eigenvalue weighted by Crippen LogP contribution is 2.43. The summed E-state index contributed by atoms with van der Waals surface area (Å²) in [5.41, 5.74) is 6.18. The second-order valence-corrected chi connectivity index (χ2v) is 7.07. The van der Waals surface area contributed by atoms with Crippen molar-refractivity contribution in [2.45, 2.75) is 86.0 Å². The number of aromatic hydroxyl groups is 1. The summed E-state index contributed by atoms with van der Waals surface area (Å²) in [6.07, 6.45) is 4.36. The van der Waals surface area contributed by atoms with Gasteiger partial charge in [0, 0.05) is 5.56 Å². The van der Waals surface area contributed by atoms with E-state index in [1.54, 1.807) is 0 Å². The van der Waals surface area contributed by atoms with Crippen molar-refractivity contribution in [2.24, 2.45) is 0 Å². The first-order valence-electron chi connectivity index (χ1n) is 8.72. The lowest BCUT2D eigenvalue weighted by Gasteiger charge is -2.30. The van der Waals surface area contributed by atoms with E-state index in [9.17, 15) is 5.11 Å². The smallest absolute Gasteiger partial charge is 0.123 e. The molecule has 1 aromatic carbocycles. The summed E-state index contributed by atoms with van der Waals surface area (Å²) in [4.78, 5) is 0. The first-order valence-corrected chi connectivity index (χ1v) is 8.72. The topological polar surface area (TPSA) is 20.2 Å². The van der Waals surface area contributed by atoms with Crippen LogP contribution < -0.4 is 0 Å². The molecule has 1 rings (SSSR count). The molecule has 122 valence electrons. The molecule has 0 aliphatic heterocycles. The lowest BCUT2D eigenvalue weighted by molar-refractivity contribution is 0.436. The van der Waals surface area contributed by atoms with Gasteiger partial charge < -0.3 is 5.11 Å². The van der Waals surface area contributed by atoms with Gasteiger partial charge in [0.1, 0.15) is 5.75 Å². The molecule has 0 bridgehead atoms. The summed E-state index contributed by atoms with van der Waals surface area (Å²) in [6.45, 7) is 23.4. The van der Waals surface area contributed by atoms with E-state index in [0.29, 0.717) is 11.3 Å². The Morgan fingerprint density at radius 1 is 0.955 bits per heavy atom. The number of phenolic OH excluding ortho intramolecular Hbond substituents is 1. The first-order chi connectivity index (χ1) is 10.2. The fourth-order valence-corrected chi connectivity index (χ4v) is 3.51. The third-order valence-electron chi connectivity index (χ3n) is 4.40. The molecule has 0 atom stereocenters. The van der Waals surface area contributed by atoms with Gasteiger partial charge in [-0.05, 0) is 65.5 Å². The second-order valence-electron chi connectivity index (χ2n) is 7.07. The molecule has 0 aromatic heterocycles. The summed E-state index contributed by atoms with van der Waals surface area (Å²) in [5.74, 6) is 0.482. The molecule has 0 heterocycles. The largest absolute Gasteiger partial charge is 0.507 e. The fourth-order valence-electron chi connectivity index (χ4n) is 3.51. The monoisotopic (exact) mass is 300 g/mol. The van der Waals surface area contributed by atoms with Crippen molar-refractivity contribution in [2.75, 3.05) is 0 Å². The van der Waals surface area contributed by atoms with Gasteiger partial charge in [-0.3, -0.25) is 0 Å². The van der Waals surface area contributed by atoms with Crippen LogP contribution in [-0.4, -0.2) is 5.11 Å². The average molecular weight is 300 g/mol. The number of hydrogen-bond acceptors (Lipinski definition) is 1. The molecule has 0 amide bonds. The number of hydrogen-bond donors (Lipinski definition) is 1. The normalized spacial score (nSPS) is 11.8. The Bertz CT molecular complexity index is 544. The lowest BCUT2D eigenvalue weighted by Crippen LogP contribution is -2.19. The third-order valence-corrected chi connectivity index (χ3v) is 4.40. The molecule has 0 aliphatic rings. The molecular formula is C21H32O. The second kappa shape index (κ2) is 7.35. The van der Waals surface area contributed by atoms with Gasteiger partial charge in [-0.1, -0.05) is 54.9 Å². The summed E-state index contributed by atoms with van der Waals surface area (Å²) in [6, 6.07) is 0. The van der Waals surface area contributed by atoms with Crippen LogP contribution in [0.2, 0.25) is 0 Å². The Labute approximate surface area is 137 Å². The maximum atomic E-state index is 11.0. The molecular weight excluding hydrogens is 268 g/mol. The number of rotatable bonds is 6. The average Bonchev–Trinajstić information content (AvgIpc) is 2.46. The highest BCUT2D eigenvalue weighted by Gasteiger charge is 2.28. The molecule has 0 fully saturated rings. The van der Waals surface area contributed by atoms with Crippen LogP contribution in [0.25, 0.3) is 5.57 Å². The van der Waals surface area contributed by atoms with Gasteiger partial charge in [0.2, 0.25) is 0 Å². The third kappa shape index (κ3) is 3.39. The quantitative estimate of drug-likeness (QED) is 0.696. The van der Waals surface area contributed by atoms with E-state index >= 15 is 0 Å². The van der Waals surface area contributed by atoms with E-state index in [1.165, 1.54) is 11.1 Å². The maximum Gasteiger partial charge on any atom is 0.123 e. The van der Waals surface area contributed by atoms with Crippen LogP contribution in [0.5, 0.6) is 5.75 Å². The van der Waals surface area contributed by atoms with Crippen LogP contribution in [0.3, 0.4) is 0 Å². The molecule has 0 spiro atoms. The Kier molecular flexibility index (Phi) is 6.28. The van der Waals surface area contributed by atoms with Gasteiger partial charge in [-0.2, -0.15) is 0 Å². The molecule has 0 saturated carbocycles. The zero-order valence-electron chi connectivity index (χ0n) is 15.5. The summed E-state index contributed by atoms with van der Waals surface area (Å²) in [7, 11) is 0. The number of allylic oxidation sites excluding steroid dienone is 1. The van der Waals surface area contributed by atoms with Crippen LogP contribution in [0, 0.1) is 6.58 Å². The van der Waals surface area contributed by atoms with Crippen molar-refractivity contribution in [3.8, 4) is 5.75 Å². The maximum absolute atomic E-state index is 11.0. The minimum absolute atomic E-state index is 0.118. The summed E-state index contributed by atoms with van der Waals surface area (Å²) in [5, 5.41) is 11.0. The standard InChI is InChI=1S/C21H32O/c1-9-13-17-15(11-3)18(14(5)10-2)16(12-4)19(20(17)22)21(6,7)8/h22H,9-13H2,1-4,6-8H3. The summed E-state index contributed by atoms with van der Waals surface area (Å²) < 4.78 is 0. The first kappa shape index (κ1) is 18.8. The van der Waals surface area contributed by atoms with Gasteiger partial charge >= 0.3 is 0 Å². The molecule has 1 N–H and O–H groups in total. The zero-order chi connectivity index (χ0) is 17.1. The van der Waals surface area contributed by atoms with Crippen molar-refractivity contribution < 1.29 is 5.11 Å². The van der Waals surface area contributed by atoms with Gasteiger partial charge in [-0.25, -0.2) is 0 Å². The molecule has 0 unspecified atom stereocenters. The van der Waals surface area contributed by atoms with Crippen molar-refractivity contribution in [3.05, 3.63) is 34.4 Å². The molecule has 2 radical (unpaired) electrons. The fraction of sp³-hybridized carbons (Fsp3) is 0.619. The number of benzene rings is 1. The van der Waals surface area contributed by atoms with Crippen molar-refractivity contribution in [1.29, 1.82) is 0 Å². The summed E-state index contributed by atoms with van der Waals surface area (Å²) >= 11 is 0. The van der Waals surface area contributed by atoms with Crippen LogP contribution in [0.15, 0.2) is 0 Å². The van der Waals surface area contributed by atoms with E-state index in [-0.39, 0.29) is 5.41 Å². The van der Waals surface area contributed by atoms with Crippen LogP contribution in [0.1, 0.15) is 89.1 Å².